The monoisotopic (exact) mass is 261 g/mol. The van der Waals surface area contributed by atoms with Crippen molar-refractivity contribution in [1.82, 2.24) is 5.32 Å². The first-order valence-corrected chi connectivity index (χ1v) is 7.67. The van der Waals surface area contributed by atoms with E-state index in [9.17, 15) is 5.11 Å². The molecule has 106 valence electrons. The first kappa shape index (κ1) is 14.5. The van der Waals surface area contributed by atoms with Crippen molar-refractivity contribution >= 4 is 0 Å². The summed E-state index contributed by atoms with van der Waals surface area (Å²) >= 11 is 0. The number of benzene rings is 1. The molecule has 0 radical (unpaired) electrons. The number of nitrogens with one attached hydrogen (secondary N) is 1. The van der Waals surface area contributed by atoms with Crippen LogP contribution in [0, 0.1) is 0 Å². The Bertz CT molecular complexity index is 377. The third kappa shape index (κ3) is 4.05. The molecular weight excluding hydrogens is 234 g/mol. The summed E-state index contributed by atoms with van der Waals surface area (Å²) in [6, 6.07) is 8.95. The molecule has 1 fully saturated rings. The zero-order chi connectivity index (χ0) is 13.7. The normalized spacial score (nSPS) is 23.0. The van der Waals surface area contributed by atoms with Gasteiger partial charge in [0.1, 0.15) is 0 Å². The van der Waals surface area contributed by atoms with Gasteiger partial charge in [-0.1, -0.05) is 44.0 Å². The van der Waals surface area contributed by atoms with Gasteiger partial charge < -0.3 is 10.4 Å². The fourth-order valence-electron chi connectivity index (χ4n) is 3.02. The summed E-state index contributed by atoms with van der Waals surface area (Å²) in [5.74, 6) is 0. The molecule has 2 nitrogen and oxygen atoms in total. The van der Waals surface area contributed by atoms with Crippen molar-refractivity contribution in [3.63, 3.8) is 0 Å². The molecule has 2 unspecified atom stereocenters. The van der Waals surface area contributed by atoms with Crippen LogP contribution < -0.4 is 5.32 Å². The topological polar surface area (TPSA) is 32.3 Å². The van der Waals surface area contributed by atoms with Gasteiger partial charge in [0.05, 0.1) is 5.60 Å². The Labute approximate surface area is 117 Å². The Hall–Kier alpha value is -0.860. The molecule has 0 spiro atoms. The van der Waals surface area contributed by atoms with Crippen LogP contribution in [0.1, 0.15) is 57.1 Å². The van der Waals surface area contributed by atoms with E-state index in [0.717, 1.165) is 24.9 Å². The van der Waals surface area contributed by atoms with E-state index in [1.54, 1.807) is 0 Å². The van der Waals surface area contributed by atoms with Crippen LogP contribution in [0.2, 0.25) is 0 Å². The van der Waals surface area contributed by atoms with Crippen molar-refractivity contribution in [1.29, 1.82) is 0 Å². The molecule has 19 heavy (non-hydrogen) atoms. The second kappa shape index (κ2) is 6.53. The van der Waals surface area contributed by atoms with Crippen molar-refractivity contribution in [2.75, 3.05) is 6.54 Å². The lowest BCUT2D eigenvalue weighted by Crippen LogP contribution is -2.39. The molecule has 0 aliphatic carbocycles. The predicted octanol–water partition coefficient (Wildman–Crippen LogP) is 3.38. The predicted molar refractivity (Wildman–Crippen MR) is 80.3 cm³/mol. The van der Waals surface area contributed by atoms with Crippen molar-refractivity contribution in [3.8, 4) is 0 Å². The lowest BCUT2D eigenvalue weighted by Gasteiger charge is -2.32. The molecule has 1 aliphatic heterocycles. The van der Waals surface area contributed by atoms with E-state index in [0.29, 0.717) is 6.04 Å². The Morgan fingerprint density at radius 1 is 1.26 bits per heavy atom. The Morgan fingerprint density at radius 3 is 2.58 bits per heavy atom. The minimum absolute atomic E-state index is 0.457. The fourth-order valence-corrected chi connectivity index (χ4v) is 3.02. The third-order valence-corrected chi connectivity index (χ3v) is 4.17. The Kier molecular flexibility index (Phi) is 5.00. The number of hydrogen-bond donors (Lipinski definition) is 2. The molecule has 1 aliphatic rings. The van der Waals surface area contributed by atoms with Gasteiger partial charge in [-0.2, -0.15) is 0 Å². The summed E-state index contributed by atoms with van der Waals surface area (Å²) in [6.45, 7) is 5.23. The summed E-state index contributed by atoms with van der Waals surface area (Å²) < 4.78 is 0. The number of piperidine rings is 1. The molecule has 1 saturated heterocycles. The van der Waals surface area contributed by atoms with E-state index in [2.05, 4.69) is 36.5 Å². The van der Waals surface area contributed by atoms with Crippen molar-refractivity contribution in [3.05, 3.63) is 35.4 Å². The first-order chi connectivity index (χ1) is 9.12. The van der Waals surface area contributed by atoms with Crippen LogP contribution in [-0.2, 0) is 12.0 Å². The van der Waals surface area contributed by atoms with Gasteiger partial charge >= 0.3 is 0 Å². The Morgan fingerprint density at radius 2 is 2.00 bits per heavy atom. The van der Waals surface area contributed by atoms with Crippen LogP contribution in [-0.4, -0.2) is 17.7 Å². The highest BCUT2D eigenvalue weighted by atomic mass is 16.3. The molecule has 0 aromatic heterocycles. The number of aryl methyl sites for hydroxylation is 1. The molecule has 2 N–H and O–H groups in total. The summed E-state index contributed by atoms with van der Waals surface area (Å²) in [4.78, 5) is 0. The van der Waals surface area contributed by atoms with E-state index in [1.807, 2.05) is 6.92 Å². The lowest BCUT2D eigenvalue weighted by atomic mass is 9.86. The molecule has 0 bridgehead atoms. The average molecular weight is 261 g/mol. The van der Waals surface area contributed by atoms with E-state index in [4.69, 9.17) is 0 Å². The molecule has 1 heterocycles. The molecule has 2 atom stereocenters. The maximum absolute atomic E-state index is 10.7. The van der Waals surface area contributed by atoms with Gasteiger partial charge in [0, 0.05) is 6.04 Å². The number of rotatable bonds is 5. The van der Waals surface area contributed by atoms with Gasteiger partial charge in [-0.25, -0.2) is 0 Å². The molecule has 0 saturated carbocycles. The summed E-state index contributed by atoms with van der Waals surface area (Å²) in [7, 11) is 0. The van der Waals surface area contributed by atoms with Crippen LogP contribution in [0.15, 0.2) is 24.3 Å². The fraction of sp³-hybridized carbons (Fsp3) is 0.647. The van der Waals surface area contributed by atoms with Gasteiger partial charge in [-0.05, 0) is 50.3 Å². The van der Waals surface area contributed by atoms with Crippen LogP contribution in [0.4, 0.5) is 0 Å². The molecule has 1 aromatic carbocycles. The highest BCUT2D eigenvalue weighted by Gasteiger charge is 2.28. The van der Waals surface area contributed by atoms with Crippen LogP contribution in [0.5, 0.6) is 0 Å². The Balaban J connectivity index is 2.00. The van der Waals surface area contributed by atoms with Crippen LogP contribution in [0.25, 0.3) is 0 Å². The van der Waals surface area contributed by atoms with Gasteiger partial charge in [-0.15, -0.1) is 0 Å². The quantitative estimate of drug-likeness (QED) is 0.851. The van der Waals surface area contributed by atoms with Crippen molar-refractivity contribution < 1.29 is 5.11 Å². The smallest absolute Gasteiger partial charge is 0.0883 e. The van der Waals surface area contributed by atoms with Crippen molar-refractivity contribution in [2.24, 2.45) is 0 Å². The van der Waals surface area contributed by atoms with Gasteiger partial charge in [0.15, 0.2) is 0 Å². The number of hydrogen-bond acceptors (Lipinski definition) is 2. The second-order valence-corrected chi connectivity index (χ2v) is 6.07. The third-order valence-electron chi connectivity index (χ3n) is 4.17. The first-order valence-electron chi connectivity index (χ1n) is 7.67. The SMILES string of the molecule is CCCc1ccc(C(C)(O)CC2CCCCN2)cc1. The summed E-state index contributed by atoms with van der Waals surface area (Å²) in [5.41, 5.74) is 1.68. The van der Waals surface area contributed by atoms with Gasteiger partial charge in [0.25, 0.3) is 0 Å². The molecule has 1 aromatic rings. The minimum atomic E-state index is -0.722. The summed E-state index contributed by atoms with van der Waals surface area (Å²) in [5, 5.41) is 14.2. The van der Waals surface area contributed by atoms with Gasteiger partial charge in [0.2, 0.25) is 0 Å². The second-order valence-electron chi connectivity index (χ2n) is 6.07. The van der Waals surface area contributed by atoms with Gasteiger partial charge in [-0.3, -0.25) is 0 Å². The van der Waals surface area contributed by atoms with E-state index < -0.39 is 5.60 Å². The zero-order valence-electron chi connectivity index (χ0n) is 12.3. The maximum atomic E-state index is 10.7. The van der Waals surface area contributed by atoms with Crippen molar-refractivity contribution in [2.45, 2.75) is 64.0 Å². The van der Waals surface area contributed by atoms with E-state index in [-0.39, 0.29) is 0 Å². The maximum Gasteiger partial charge on any atom is 0.0883 e. The lowest BCUT2D eigenvalue weighted by molar-refractivity contribution is 0.0332. The molecular formula is C17H27NO. The van der Waals surface area contributed by atoms with E-state index >= 15 is 0 Å². The van der Waals surface area contributed by atoms with E-state index in [1.165, 1.54) is 31.2 Å². The molecule has 0 amide bonds. The zero-order valence-corrected chi connectivity index (χ0v) is 12.3. The number of aliphatic hydroxyl groups is 1. The largest absolute Gasteiger partial charge is 0.385 e. The average Bonchev–Trinajstić information content (AvgIpc) is 2.40. The molecule has 2 heteroatoms. The highest BCUT2D eigenvalue weighted by molar-refractivity contribution is 5.27. The highest BCUT2D eigenvalue weighted by Crippen LogP contribution is 2.28. The minimum Gasteiger partial charge on any atom is -0.385 e. The standard InChI is InChI=1S/C17H27NO/c1-3-6-14-8-10-15(11-9-14)17(2,19)13-16-7-4-5-12-18-16/h8-11,16,18-19H,3-7,12-13H2,1-2H3. The summed E-state index contributed by atoms with van der Waals surface area (Å²) in [6.07, 6.45) is 6.83. The molecule has 2 rings (SSSR count). The van der Waals surface area contributed by atoms with Crippen LogP contribution in [0.3, 0.4) is 0 Å². The van der Waals surface area contributed by atoms with Crippen LogP contribution >= 0.6 is 0 Å².